The van der Waals surface area contributed by atoms with Crippen LogP contribution in [0.3, 0.4) is 0 Å². The maximum Gasteiger partial charge on any atom is 0.376 e. The minimum atomic E-state index is -0.759. The maximum absolute atomic E-state index is 12.3. The Bertz CT molecular complexity index is 817. The molecule has 24 heavy (non-hydrogen) atoms. The number of hydrogen-bond acceptors (Lipinski definition) is 7. The van der Waals surface area contributed by atoms with Crippen molar-refractivity contribution in [2.75, 3.05) is 11.9 Å². The van der Waals surface area contributed by atoms with Crippen molar-refractivity contribution in [1.82, 2.24) is 9.38 Å². The fourth-order valence-corrected chi connectivity index (χ4v) is 2.22. The lowest BCUT2D eigenvalue weighted by Gasteiger charge is -2.14. The highest BCUT2D eigenvalue weighted by molar-refractivity contribution is 5.69. The number of nitro groups is 1. The summed E-state index contributed by atoms with van der Waals surface area (Å²) in [6.45, 7) is 3.77. The number of rotatable bonds is 7. The zero-order chi connectivity index (χ0) is 17.7. The second kappa shape index (κ2) is 7.53. The van der Waals surface area contributed by atoms with E-state index in [1.807, 2.05) is 0 Å². The molecule has 2 rings (SSSR count). The van der Waals surface area contributed by atoms with Gasteiger partial charge >= 0.3 is 17.2 Å². The average molecular weight is 334 g/mol. The SMILES string of the molecule is CCOC(=O)CC[C@H](C)Nc1nc2ccccn2c(=O)c1[N+](=O)[O-]. The summed E-state index contributed by atoms with van der Waals surface area (Å²) in [7, 11) is 0. The third-order valence-corrected chi connectivity index (χ3v) is 3.36. The monoisotopic (exact) mass is 334 g/mol. The molecule has 0 aliphatic heterocycles. The first-order chi connectivity index (χ1) is 11.4. The molecule has 9 heteroatoms. The van der Waals surface area contributed by atoms with Crippen molar-refractivity contribution in [3.63, 3.8) is 0 Å². The molecule has 0 aliphatic rings. The predicted molar refractivity (Wildman–Crippen MR) is 87.1 cm³/mol. The lowest BCUT2D eigenvalue weighted by Crippen LogP contribution is -2.24. The molecule has 128 valence electrons. The molecule has 2 aromatic heterocycles. The van der Waals surface area contributed by atoms with E-state index in [-0.39, 0.29) is 24.2 Å². The van der Waals surface area contributed by atoms with Crippen LogP contribution in [0, 0.1) is 10.1 Å². The van der Waals surface area contributed by atoms with Crippen molar-refractivity contribution in [2.45, 2.75) is 32.7 Å². The third kappa shape index (κ3) is 3.86. The van der Waals surface area contributed by atoms with E-state index in [1.165, 1.54) is 6.20 Å². The average Bonchev–Trinajstić information content (AvgIpc) is 2.53. The van der Waals surface area contributed by atoms with Crippen molar-refractivity contribution in [2.24, 2.45) is 0 Å². The van der Waals surface area contributed by atoms with Crippen molar-refractivity contribution >= 4 is 23.1 Å². The van der Waals surface area contributed by atoms with Gasteiger partial charge in [0.1, 0.15) is 5.65 Å². The minimum Gasteiger partial charge on any atom is -0.466 e. The topological polar surface area (TPSA) is 116 Å². The summed E-state index contributed by atoms with van der Waals surface area (Å²) in [4.78, 5) is 38.3. The smallest absolute Gasteiger partial charge is 0.376 e. The van der Waals surface area contributed by atoms with Gasteiger partial charge in [-0.1, -0.05) is 6.07 Å². The normalized spacial score (nSPS) is 11.9. The molecule has 9 nitrogen and oxygen atoms in total. The Morgan fingerprint density at radius 2 is 2.25 bits per heavy atom. The van der Waals surface area contributed by atoms with Gasteiger partial charge in [-0.05, 0) is 32.4 Å². The molecule has 2 aromatic rings. The van der Waals surface area contributed by atoms with Crippen LogP contribution in [0.4, 0.5) is 11.5 Å². The molecule has 0 unspecified atom stereocenters. The number of nitrogens with one attached hydrogen (secondary N) is 1. The molecular weight excluding hydrogens is 316 g/mol. The van der Waals surface area contributed by atoms with E-state index in [0.717, 1.165) is 4.40 Å². The van der Waals surface area contributed by atoms with Gasteiger partial charge in [-0.2, -0.15) is 0 Å². The molecule has 1 N–H and O–H groups in total. The summed E-state index contributed by atoms with van der Waals surface area (Å²) in [5, 5.41) is 14.1. The molecule has 0 radical (unpaired) electrons. The first-order valence-electron chi connectivity index (χ1n) is 7.52. The van der Waals surface area contributed by atoms with Gasteiger partial charge in [-0.3, -0.25) is 24.1 Å². The molecule has 0 saturated heterocycles. The van der Waals surface area contributed by atoms with E-state index in [4.69, 9.17) is 4.74 Å². The van der Waals surface area contributed by atoms with Crippen LogP contribution in [0.15, 0.2) is 29.2 Å². The van der Waals surface area contributed by atoms with Crippen LogP contribution in [-0.4, -0.2) is 32.9 Å². The number of ether oxygens (including phenoxy) is 1. The lowest BCUT2D eigenvalue weighted by atomic mass is 10.2. The quantitative estimate of drug-likeness (QED) is 0.466. The Hall–Kier alpha value is -2.97. The second-order valence-electron chi connectivity index (χ2n) is 5.19. The highest BCUT2D eigenvalue weighted by atomic mass is 16.6. The summed E-state index contributed by atoms with van der Waals surface area (Å²) in [6.07, 6.45) is 1.99. The van der Waals surface area contributed by atoms with E-state index in [0.29, 0.717) is 18.7 Å². The number of aromatic nitrogens is 2. The van der Waals surface area contributed by atoms with Gasteiger partial charge in [-0.25, -0.2) is 4.98 Å². The van der Waals surface area contributed by atoms with Crippen LogP contribution in [0.1, 0.15) is 26.7 Å². The Morgan fingerprint density at radius 3 is 2.92 bits per heavy atom. The number of carbonyl (C=O) groups excluding carboxylic acids is 1. The van der Waals surface area contributed by atoms with Gasteiger partial charge in [0, 0.05) is 18.7 Å². The van der Waals surface area contributed by atoms with E-state index >= 15 is 0 Å². The summed E-state index contributed by atoms with van der Waals surface area (Å²) >= 11 is 0. The van der Waals surface area contributed by atoms with Crippen LogP contribution >= 0.6 is 0 Å². The third-order valence-electron chi connectivity index (χ3n) is 3.36. The van der Waals surface area contributed by atoms with E-state index < -0.39 is 16.2 Å². The van der Waals surface area contributed by atoms with Crippen LogP contribution < -0.4 is 10.9 Å². The molecule has 0 amide bonds. The number of nitrogens with zero attached hydrogens (tertiary/aromatic N) is 3. The van der Waals surface area contributed by atoms with E-state index in [9.17, 15) is 19.7 Å². The Labute approximate surface area is 137 Å². The van der Waals surface area contributed by atoms with Gasteiger partial charge in [0.15, 0.2) is 0 Å². The van der Waals surface area contributed by atoms with Crippen molar-refractivity contribution in [3.05, 3.63) is 44.9 Å². The van der Waals surface area contributed by atoms with Crippen molar-refractivity contribution in [3.8, 4) is 0 Å². The second-order valence-corrected chi connectivity index (χ2v) is 5.19. The Balaban J connectivity index is 2.27. The lowest BCUT2D eigenvalue weighted by molar-refractivity contribution is -0.385. The van der Waals surface area contributed by atoms with Crippen LogP contribution in [0.25, 0.3) is 5.65 Å². The van der Waals surface area contributed by atoms with E-state index in [1.54, 1.807) is 32.0 Å². The summed E-state index contributed by atoms with van der Waals surface area (Å²) in [6, 6.07) is 4.56. The highest BCUT2D eigenvalue weighted by Crippen LogP contribution is 2.19. The Morgan fingerprint density at radius 1 is 1.50 bits per heavy atom. The van der Waals surface area contributed by atoms with E-state index in [2.05, 4.69) is 10.3 Å². The summed E-state index contributed by atoms with van der Waals surface area (Å²) in [5.41, 5.74) is -1.08. The van der Waals surface area contributed by atoms with Crippen LogP contribution in [0.5, 0.6) is 0 Å². The standard InChI is InChI=1S/C15H18N4O5/c1-3-24-12(20)8-7-10(2)16-14-13(19(22)23)15(21)18-9-5-4-6-11(18)17-14/h4-6,9-10,16H,3,7-8H2,1-2H3/t10-/m0/s1. The van der Waals surface area contributed by atoms with Crippen LogP contribution in [0.2, 0.25) is 0 Å². The van der Waals surface area contributed by atoms with Gasteiger partial charge in [0.25, 0.3) is 0 Å². The molecule has 0 fully saturated rings. The number of esters is 1. The number of hydrogen-bond donors (Lipinski definition) is 1. The highest BCUT2D eigenvalue weighted by Gasteiger charge is 2.24. The number of pyridine rings is 1. The van der Waals surface area contributed by atoms with Gasteiger partial charge < -0.3 is 10.1 Å². The number of anilines is 1. The molecule has 0 aliphatic carbocycles. The number of carbonyl (C=O) groups is 1. The largest absolute Gasteiger partial charge is 0.466 e. The molecule has 0 spiro atoms. The number of fused-ring (bicyclic) bond motifs is 1. The van der Waals surface area contributed by atoms with Crippen molar-refractivity contribution in [1.29, 1.82) is 0 Å². The minimum absolute atomic E-state index is 0.104. The van der Waals surface area contributed by atoms with Gasteiger partial charge in [-0.15, -0.1) is 0 Å². The fourth-order valence-electron chi connectivity index (χ4n) is 2.22. The fraction of sp³-hybridized carbons (Fsp3) is 0.400. The molecule has 0 bridgehead atoms. The predicted octanol–water partition coefficient (Wildman–Crippen LogP) is 1.75. The first-order valence-corrected chi connectivity index (χ1v) is 7.52. The Kier molecular flexibility index (Phi) is 5.46. The summed E-state index contributed by atoms with van der Waals surface area (Å²) < 4.78 is 5.95. The molecule has 2 heterocycles. The molecule has 0 aromatic carbocycles. The van der Waals surface area contributed by atoms with Crippen molar-refractivity contribution < 1.29 is 14.5 Å². The van der Waals surface area contributed by atoms with Gasteiger partial charge in [0.05, 0.1) is 11.5 Å². The summed E-state index contributed by atoms with van der Waals surface area (Å²) in [5.74, 6) is -0.445. The first kappa shape index (κ1) is 17.4. The molecule has 1 atom stereocenters. The zero-order valence-electron chi connectivity index (χ0n) is 13.4. The van der Waals surface area contributed by atoms with Crippen LogP contribution in [-0.2, 0) is 9.53 Å². The molecule has 0 saturated carbocycles. The molecular formula is C15H18N4O5. The van der Waals surface area contributed by atoms with Gasteiger partial charge in [0.2, 0.25) is 5.82 Å². The maximum atomic E-state index is 12.3. The zero-order valence-corrected chi connectivity index (χ0v) is 13.4.